The molecule has 4 saturated heterocycles. The Morgan fingerprint density at radius 3 is 2.31 bits per heavy atom. The molecule has 0 aromatic heterocycles. The molecule has 0 radical (unpaired) electrons. The summed E-state index contributed by atoms with van der Waals surface area (Å²) in [6, 6.07) is 0. The van der Waals surface area contributed by atoms with E-state index in [-0.39, 0.29) is 18.4 Å². The molecule has 8 rings (SSSR count). The van der Waals surface area contributed by atoms with Gasteiger partial charge in [-0.15, -0.1) is 0 Å². The average molecular weight is 721 g/mol. The van der Waals surface area contributed by atoms with E-state index in [0.717, 1.165) is 14.2 Å². The number of aliphatic hydroxyl groups excluding tert-OH is 1. The van der Waals surface area contributed by atoms with Crippen LogP contribution < -0.4 is 0 Å². The molecule has 5 aliphatic heterocycles. The molecule has 8 aliphatic rings. The second kappa shape index (κ2) is 10.5. The molecule has 0 amide bonds. The highest BCUT2D eigenvalue weighted by atomic mass is 16.7. The topological polar surface area (TPSA) is 215 Å². The van der Waals surface area contributed by atoms with E-state index in [2.05, 4.69) is 0 Å². The Bertz CT molecular complexity index is 1660. The van der Waals surface area contributed by atoms with Gasteiger partial charge in [-0.25, -0.2) is 9.59 Å². The van der Waals surface area contributed by atoms with E-state index in [1.807, 2.05) is 0 Å². The van der Waals surface area contributed by atoms with Crippen LogP contribution in [0.1, 0.15) is 47.5 Å². The van der Waals surface area contributed by atoms with E-state index in [1.54, 1.807) is 33.8 Å². The number of hydrogen-bond acceptors (Lipinski definition) is 16. The Morgan fingerprint density at radius 1 is 0.961 bits per heavy atom. The summed E-state index contributed by atoms with van der Waals surface area (Å²) in [6.45, 7) is 6.88. The summed E-state index contributed by atoms with van der Waals surface area (Å²) in [7, 11) is 2.23. The fraction of sp³-hybridized carbons (Fsp3) is 0.771. The van der Waals surface area contributed by atoms with Gasteiger partial charge in [0, 0.05) is 47.5 Å². The lowest BCUT2D eigenvalue weighted by Crippen LogP contribution is -2.79. The largest absolute Gasteiger partial charge is 0.469 e. The first-order chi connectivity index (χ1) is 23.9. The summed E-state index contributed by atoms with van der Waals surface area (Å²) in [6.07, 6.45) is -3.11. The zero-order valence-electron chi connectivity index (χ0n) is 29.4. The third kappa shape index (κ3) is 3.65. The number of carbonyl (C=O) groups is 4. The maximum atomic E-state index is 14.2. The minimum atomic E-state index is -2.82. The highest BCUT2D eigenvalue weighted by Gasteiger charge is 2.97. The predicted molar refractivity (Wildman–Crippen MR) is 164 cm³/mol. The number of esters is 4. The van der Waals surface area contributed by atoms with Gasteiger partial charge >= 0.3 is 23.9 Å². The molecule has 16 atom stereocenters. The van der Waals surface area contributed by atoms with Gasteiger partial charge in [0.15, 0.2) is 5.60 Å². The lowest BCUT2D eigenvalue weighted by atomic mass is 9.37. The van der Waals surface area contributed by atoms with E-state index in [4.69, 9.17) is 42.6 Å². The number of methoxy groups -OCH3 is 2. The summed E-state index contributed by atoms with van der Waals surface area (Å²) >= 11 is 0. The van der Waals surface area contributed by atoms with Crippen molar-refractivity contribution in [3.63, 3.8) is 0 Å². The molecular weight excluding hydrogens is 676 g/mol. The van der Waals surface area contributed by atoms with E-state index in [0.29, 0.717) is 0 Å². The fourth-order valence-electron chi connectivity index (χ4n) is 12.2. The molecule has 0 aromatic rings. The Labute approximate surface area is 293 Å². The monoisotopic (exact) mass is 720 g/mol. The van der Waals surface area contributed by atoms with E-state index in [9.17, 15) is 34.5 Å². The van der Waals surface area contributed by atoms with Gasteiger partial charge in [-0.3, -0.25) is 9.59 Å². The van der Waals surface area contributed by atoms with Crippen molar-refractivity contribution >= 4 is 23.9 Å². The van der Waals surface area contributed by atoms with Crippen molar-refractivity contribution in [3.05, 3.63) is 24.0 Å². The van der Waals surface area contributed by atoms with Crippen LogP contribution in [-0.4, -0.2) is 126 Å². The van der Waals surface area contributed by atoms with Gasteiger partial charge < -0.3 is 58.0 Å². The van der Waals surface area contributed by atoms with Crippen LogP contribution in [0.4, 0.5) is 0 Å². The van der Waals surface area contributed by atoms with Crippen LogP contribution in [0.25, 0.3) is 0 Å². The average Bonchev–Trinajstić information content (AvgIpc) is 3.47. The van der Waals surface area contributed by atoms with Crippen LogP contribution in [0.2, 0.25) is 0 Å². The van der Waals surface area contributed by atoms with Crippen molar-refractivity contribution in [2.45, 2.75) is 107 Å². The lowest BCUT2D eigenvalue weighted by Gasteiger charge is -2.65. The minimum Gasteiger partial charge on any atom is -0.469 e. The first kappa shape index (κ1) is 34.9. The van der Waals surface area contributed by atoms with Crippen LogP contribution in [0, 0.1) is 34.0 Å². The minimum absolute atomic E-state index is 0.235. The number of ether oxygens (including phenoxy) is 9. The summed E-state index contributed by atoms with van der Waals surface area (Å²) in [5.74, 6) is -9.76. The van der Waals surface area contributed by atoms with Crippen LogP contribution in [0.3, 0.4) is 0 Å². The summed E-state index contributed by atoms with van der Waals surface area (Å²) in [5.41, 5.74) is -9.47. The summed E-state index contributed by atoms with van der Waals surface area (Å²) in [5, 5.41) is 37.4. The van der Waals surface area contributed by atoms with Gasteiger partial charge in [-0.05, 0) is 33.3 Å². The number of allylic oxidation sites excluding steroid dienone is 1. The van der Waals surface area contributed by atoms with Crippen molar-refractivity contribution in [2.24, 2.45) is 34.0 Å². The molecule has 5 heterocycles. The third-order valence-electron chi connectivity index (χ3n) is 14.1. The maximum Gasteiger partial charge on any atom is 0.366 e. The van der Waals surface area contributed by atoms with Crippen molar-refractivity contribution in [2.75, 3.05) is 27.4 Å². The van der Waals surface area contributed by atoms with Crippen LogP contribution in [0.5, 0.6) is 0 Å². The van der Waals surface area contributed by atoms with Gasteiger partial charge in [-0.1, -0.05) is 13.0 Å². The molecule has 0 unspecified atom stereocenters. The molecule has 1 spiro atoms. The molecule has 51 heavy (non-hydrogen) atoms. The number of aliphatic hydroxyl groups is 3. The first-order valence-corrected chi connectivity index (χ1v) is 17.2. The zero-order chi connectivity index (χ0) is 36.9. The number of epoxide rings is 1. The standard InChI is InChI=1S/C35H44O16/c1-8-15(2)24(38)49-18-12-19(48-16(3)36)32(26(39)43-6)13-46-21-22(32)31(18)14-47-34(42,27(40)44-7)25(31)29(4,23(21)37)35-20-11-17(30(35,5)51-35)33(41)9-10-45-28(33)50-20/h8-10,17-23,25,28,37,41-42H,11-14H2,1-7H3/b15-8+/t17-,18-,19+,20+,21-,22-,23-,25+,28+,29-,30+,31+,32+,33+,34+,35+/m1/s1. The molecule has 2 bridgehead atoms. The Hall–Kier alpha value is -3.12. The molecule has 0 aromatic carbocycles. The molecule has 280 valence electrons. The van der Waals surface area contributed by atoms with Crippen LogP contribution in [0.15, 0.2) is 24.0 Å². The highest BCUT2D eigenvalue weighted by Crippen LogP contribution is 2.83. The number of fused-ring (bicyclic) bond motifs is 7. The molecule has 16 nitrogen and oxygen atoms in total. The van der Waals surface area contributed by atoms with Crippen LogP contribution >= 0.6 is 0 Å². The van der Waals surface area contributed by atoms with Gasteiger partial charge in [-0.2, -0.15) is 0 Å². The molecule has 16 heteroatoms. The second-order valence-electron chi connectivity index (χ2n) is 15.8. The zero-order valence-corrected chi connectivity index (χ0v) is 29.4. The van der Waals surface area contributed by atoms with E-state index < -0.39 is 130 Å². The van der Waals surface area contributed by atoms with Gasteiger partial charge in [0.1, 0.15) is 28.8 Å². The summed E-state index contributed by atoms with van der Waals surface area (Å²) < 4.78 is 54.0. The fourth-order valence-corrected chi connectivity index (χ4v) is 12.2. The smallest absolute Gasteiger partial charge is 0.366 e. The van der Waals surface area contributed by atoms with Gasteiger partial charge in [0.2, 0.25) is 6.29 Å². The number of rotatable bonds is 6. The third-order valence-corrected chi connectivity index (χ3v) is 14.1. The molecule has 3 aliphatic carbocycles. The van der Waals surface area contributed by atoms with Crippen molar-refractivity contribution in [1.29, 1.82) is 0 Å². The van der Waals surface area contributed by atoms with Crippen molar-refractivity contribution < 1.29 is 77.1 Å². The van der Waals surface area contributed by atoms with Gasteiger partial charge in [0.25, 0.3) is 5.79 Å². The number of hydrogen-bond donors (Lipinski definition) is 3. The summed E-state index contributed by atoms with van der Waals surface area (Å²) in [4.78, 5) is 54.4. The van der Waals surface area contributed by atoms with Crippen molar-refractivity contribution in [1.82, 2.24) is 0 Å². The molecule has 7 fully saturated rings. The SMILES string of the molecule is C/C=C(\C)C(=O)O[C@@H]1C[C@H](OC(C)=O)[C@@]2(C(=O)OC)CO[C@H]3[C@@H](O)[C@@](C)([C@]45O[C@@]4(C)[C@H]4C[C@@H]5O[C@@H]5OC=C[C@@]54O)[C@H]4[C@]1(CO[C@]4(O)C(=O)OC)[C@@H]32. The van der Waals surface area contributed by atoms with E-state index in [1.165, 1.54) is 19.3 Å². The lowest BCUT2D eigenvalue weighted by molar-refractivity contribution is -0.314. The van der Waals surface area contributed by atoms with Crippen molar-refractivity contribution in [3.8, 4) is 0 Å². The second-order valence-corrected chi connectivity index (χ2v) is 15.8. The molecule has 3 saturated carbocycles. The maximum absolute atomic E-state index is 14.2. The van der Waals surface area contributed by atoms with E-state index >= 15 is 0 Å². The predicted octanol–water partition coefficient (Wildman–Crippen LogP) is -0.203. The Balaban J connectivity index is 1.40. The Morgan fingerprint density at radius 2 is 1.67 bits per heavy atom. The quantitative estimate of drug-likeness (QED) is 0.140. The van der Waals surface area contributed by atoms with Crippen LogP contribution in [-0.2, 0) is 61.8 Å². The molecule has 3 N–H and O–H groups in total. The highest BCUT2D eigenvalue weighted by molar-refractivity contribution is 5.88. The van der Waals surface area contributed by atoms with Gasteiger partial charge in [0.05, 0.1) is 52.0 Å². The first-order valence-electron chi connectivity index (χ1n) is 17.2. The Kier molecular flexibility index (Phi) is 7.20. The molecular formula is C35H44O16. The normalized spacial score (nSPS) is 53.9. The number of carbonyl (C=O) groups excluding carboxylic acids is 4.